The lowest BCUT2D eigenvalue weighted by atomic mass is 10.1. The fourth-order valence-corrected chi connectivity index (χ4v) is 3.83. The fraction of sp³-hybridized carbons (Fsp3) is 0.421. The number of aliphatic hydroxyl groups is 1. The van der Waals surface area contributed by atoms with Crippen molar-refractivity contribution in [2.24, 2.45) is 5.92 Å². The summed E-state index contributed by atoms with van der Waals surface area (Å²) < 4.78 is 41.3. The van der Waals surface area contributed by atoms with Crippen molar-refractivity contribution in [1.29, 1.82) is 0 Å². The number of imidazole rings is 1. The Labute approximate surface area is 163 Å². The van der Waals surface area contributed by atoms with Crippen molar-refractivity contribution in [3.05, 3.63) is 52.5 Å². The average Bonchev–Trinajstić information content (AvgIpc) is 3.37. The van der Waals surface area contributed by atoms with Crippen LogP contribution in [0, 0.1) is 5.92 Å². The van der Waals surface area contributed by atoms with Crippen LogP contribution in [0.2, 0.25) is 0 Å². The first kappa shape index (κ1) is 19.4. The predicted molar refractivity (Wildman–Crippen MR) is 101 cm³/mol. The number of aromatic amines is 1. The van der Waals surface area contributed by atoms with Gasteiger partial charge in [-0.3, -0.25) is 4.57 Å². The topological polar surface area (TPSA) is 87.0 Å². The van der Waals surface area contributed by atoms with Gasteiger partial charge in [-0.15, -0.1) is 0 Å². The molecule has 29 heavy (non-hydrogen) atoms. The lowest BCUT2D eigenvalue weighted by molar-refractivity contribution is -0.137. The second-order valence-corrected chi connectivity index (χ2v) is 7.28. The molecular weight excluding hydrogens is 387 g/mol. The van der Waals surface area contributed by atoms with E-state index >= 15 is 0 Å². The molecule has 1 saturated heterocycles. The summed E-state index contributed by atoms with van der Waals surface area (Å²) in [6.07, 6.45) is -0.836. The second kappa shape index (κ2) is 7.18. The molecule has 1 aromatic carbocycles. The molecule has 3 heterocycles. The molecule has 0 spiro atoms. The number of halogens is 3. The molecule has 7 nitrogen and oxygen atoms in total. The molecule has 2 unspecified atom stereocenters. The smallest absolute Gasteiger partial charge is 0.396 e. The van der Waals surface area contributed by atoms with E-state index in [0.29, 0.717) is 30.0 Å². The van der Waals surface area contributed by atoms with Gasteiger partial charge in [-0.05, 0) is 31.5 Å². The number of aromatic nitrogens is 4. The summed E-state index contributed by atoms with van der Waals surface area (Å²) >= 11 is 0. The molecule has 4 rings (SSSR count). The maximum absolute atomic E-state index is 13.4. The fourth-order valence-electron chi connectivity index (χ4n) is 3.83. The first-order valence-electron chi connectivity index (χ1n) is 9.27. The SMILES string of the molecule is CC(c1cnc[nH]1)n1c(=O)nc(N2CCC(CO)C2)c2ccc(C(F)(F)F)cc21. The molecule has 2 atom stereocenters. The van der Waals surface area contributed by atoms with Crippen LogP contribution in [0.5, 0.6) is 0 Å². The van der Waals surface area contributed by atoms with E-state index in [1.54, 1.807) is 6.92 Å². The highest BCUT2D eigenvalue weighted by Gasteiger charge is 2.32. The van der Waals surface area contributed by atoms with Crippen LogP contribution in [0.15, 0.2) is 35.5 Å². The third-order valence-corrected chi connectivity index (χ3v) is 5.43. The maximum Gasteiger partial charge on any atom is 0.416 e. The Balaban J connectivity index is 1.94. The van der Waals surface area contributed by atoms with Crippen LogP contribution >= 0.6 is 0 Å². The standard InChI is InChI=1S/C19H20F3N5O2/c1-11(15-7-23-10-24-15)27-16-6-13(19(20,21)22)2-3-14(16)17(25-18(27)29)26-5-4-12(8-26)9-28/h2-3,6-7,10-12,28H,4-5,8-9H2,1H3,(H,23,24). The first-order valence-corrected chi connectivity index (χ1v) is 9.27. The Morgan fingerprint density at radius 1 is 1.38 bits per heavy atom. The van der Waals surface area contributed by atoms with Crippen molar-refractivity contribution in [1.82, 2.24) is 19.5 Å². The number of nitrogens with one attached hydrogen (secondary N) is 1. The lowest BCUT2D eigenvalue weighted by Crippen LogP contribution is -2.31. The van der Waals surface area contributed by atoms with E-state index in [-0.39, 0.29) is 18.0 Å². The van der Waals surface area contributed by atoms with Gasteiger partial charge in [0.25, 0.3) is 0 Å². The molecule has 1 aliphatic heterocycles. The summed E-state index contributed by atoms with van der Waals surface area (Å²) in [5.74, 6) is 0.399. The van der Waals surface area contributed by atoms with Crippen LogP contribution in [-0.2, 0) is 6.18 Å². The van der Waals surface area contributed by atoms with Crippen molar-refractivity contribution in [3.63, 3.8) is 0 Å². The molecule has 0 amide bonds. The number of aliphatic hydroxyl groups excluding tert-OH is 1. The molecule has 10 heteroatoms. The quantitative estimate of drug-likeness (QED) is 0.694. The van der Waals surface area contributed by atoms with Crippen molar-refractivity contribution in [2.45, 2.75) is 25.6 Å². The number of anilines is 1. The molecule has 0 aliphatic carbocycles. The number of H-pyrrole nitrogens is 1. The molecule has 1 aliphatic rings. The highest BCUT2D eigenvalue weighted by Crippen LogP contribution is 2.35. The van der Waals surface area contributed by atoms with Crippen LogP contribution in [0.3, 0.4) is 0 Å². The molecule has 2 aromatic heterocycles. The second-order valence-electron chi connectivity index (χ2n) is 7.28. The summed E-state index contributed by atoms with van der Waals surface area (Å²) in [5.41, 5.74) is -0.727. The normalized spacial score (nSPS) is 18.5. The van der Waals surface area contributed by atoms with E-state index < -0.39 is 23.5 Å². The Bertz CT molecular complexity index is 1080. The average molecular weight is 407 g/mol. The Kier molecular flexibility index (Phi) is 4.81. The molecule has 0 radical (unpaired) electrons. The van der Waals surface area contributed by atoms with Crippen molar-refractivity contribution in [3.8, 4) is 0 Å². The highest BCUT2D eigenvalue weighted by molar-refractivity contribution is 5.90. The zero-order valence-electron chi connectivity index (χ0n) is 15.6. The van der Waals surface area contributed by atoms with Gasteiger partial charge in [0.2, 0.25) is 0 Å². The van der Waals surface area contributed by atoms with E-state index in [2.05, 4.69) is 15.0 Å². The number of rotatable bonds is 4. The number of hydrogen-bond acceptors (Lipinski definition) is 5. The Morgan fingerprint density at radius 3 is 2.79 bits per heavy atom. The lowest BCUT2D eigenvalue weighted by Gasteiger charge is -2.23. The maximum atomic E-state index is 13.4. The largest absolute Gasteiger partial charge is 0.416 e. The summed E-state index contributed by atoms with van der Waals surface area (Å²) in [7, 11) is 0. The predicted octanol–water partition coefficient (Wildman–Crippen LogP) is 2.57. The van der Waals surface area contributed by atoms with Gasteiger partial charge in [-0.2, -0.15) is 18.2 Å². The van der Waals surface area contributed by atoms with Crippen molar-refractivity contribution >= 4 is 16.7 Å². The molecule has 0 bridgehead atoms. The van der Waals surface area contributed by atoms with Crippen LogP contribution in [0.1, 0.15) is 30.6 Å². The van der Waals surface area contributed by atoms with Gasteiger partial charge in [-0.1, -0.05) is 0 Å². The van der Waals surface area contributed by atoms with Gasteiger partial charge in [0, 0.05) is 31.0 Å². The number of alkyl halides is 3. The summed E-state index contributed by atoms with van der Waals surface area (Å²) in [4.78, 5) is 25.8. The minimum atomic E-state index is -4.54. The molecule has 3 aromatic rings. The van der Waals surface area contributed by atoms with Crippen LogP contribution in [-0.4, -0.2) is 44.3 Å². The molecule has 154 valence electrons. The number of benzene rings is 1. The highest BCUT2D eigenvalue weighted by atomic mass is 19.4. The zero-order chi connectivity index (χ0) is 20.8. The third kappa shape index (κ3) is 3.48. The van der Waals surface area contributed by atoms with Gasteiger partial charge in [0.1, 0.15) is 5.82 Å². The van der Waals surface area contributed by atoms with E-state index in [1.165, 1.54) is 23.2 Å². The number of fused-ring (bicyclic) bond motifs is 1. The van der Waals surface area contributed by atoms with Crippen LogP contribution in [0.25, 0.3) is 10.9 Å². The van der Waals surface area contributed by atoms with E-state index in [9.17, 15) is 23.1 Å². The Hall–Kier alpha value is -2.88. The molecule has 2 N–H and O–H groups in total. The molecular formula is C19H20F3N5O2. The van der Waals surface area contributed by atoms with Gasteiger partial charge in [0.15, 0.2) is 0 Å². The minimum absolute atomic E-state index is 0.0145. The number of nitrogens with zero attached hydrogens (tertiary/aromatic N) is 4. The van der Waals surface area contributed by atoms with Crippen LogP contribution in [0.4, 0.5) is 19.0 Å². The first-order chi connectivity index (χ1) is 13.8. The summed E-state index contributed by atoms with van der Waals surface area (Å²) in [5, 5.41) is 9.86. The van der Waals surface area contributed by atoms with E-state index in [0.717, 1.165) is 18.6 Å². The van der Waals surface area contributed by atoms with Crippen molar-refractivity contribution < 1.29 is 18.3 Å². The van der Waals surface area contributed by atoms with E-state index in [1.807, 2.05) is 4.90 Å². The van der Waals surface area contributed by atoms with Gasteiger partial charge >= 0.3 is 11.9 Å². The van der Waals surface area contributed by atoms with Crippen molar-refractivity contribution in [2.75, 3.05) is 24.6 Å². The summed E-state index contributed by atoms with van der Waals surface area (Å²) in [6, 6.07) is 2.78. The van der Waals surface area contributed by atoms with E-state index in [4.69, 9.17) is 0 Å². The third-order valence-electron chi connectivity index (χ3n) is 5.43. The minimum Gasteiger partial charge on any atom is -0.396 e. The Morgan fingerprint density at radius 2 is 2.17 bits per heavy atom. The van der Waals surface area contributed by atoms with Gasteiger partial charge < -0.3 is 15.0 Å². The van der Waals surface area contributed by atoms with Crippen LogP contribution < -0.4 is 10.6 Å². The summed E-state index contributed by atoms with van der Waals surface area (Å²) in [6.45, 7) is 2.79. The van der Waals surface area contributed by atoms with Gasteiger partial charge in [-0.25, -0.2) is 9.78 Å². The monoisotopic (exact) mass is 407 g/mol. The molecule has 1 fully saturated rings. The zero-order valence-corrected chi connectivity index (χ0v) is 15.6. The van der Waals surface area contributed by atoms with Gasteiger partial charge in [0.05, 0.1) is 35.3 Å². The number of hydrogen-bond donors (Lipinski definition) is 2. The molecule has 0 saturated carbocycles.